The van der Waals surface area contributed by atoms with Gasteiger partial charge in [0, 0.05) is 16.5 Å². The summed E-state index contributed by atoms with van der Waals surface area (Å²) in [6.07, 6.45) is 0. The van der Waals surface area contributed by atoms with E-state index in [-0.39, 0.29) is 5.28 Å². The van der Waals surface area contributed by atoms with Crippen molar-refractivity contribution in [2.24, 2.45) is 0 Å². The number of hydrogen-bond donors (Lipinski definition) is 0. The fourth-order valence-electron chi connectivity index (χ4n) is 3.05. The van der Waals surface area contributed by atoms with Gasteiger partial charge in [-0.3, -0.25) is 0 Å². The van der Waals surface area contributed by atoms with Crippen molar-refractivity contribution in [1.82, 2.24) is 15.0 Å². The molecular formula is C21H12ClN3O. The van der Waals surface area contributed by atoms with Crippen LogP contribution in [0.1, 0.15) is 0 Å². The summed E-state index contributed by atoms with van der Waals surface area (Å²) in [4.78, 5) is 13.4. The molecule has 0 saturated heterocycles. The van der Waals surface area contributed by atoms with Gasteiger partial charge in [0.05, 0.1) is 11.2 Å². The second-order valence-electron chi connectivity index (χ2n) is 5.93. The summed E-state index contributed by atoms with van der Waals surface area (Å²) in [6.45, 7) is 0. The average molecular weight is 358 g/mol. The summed E-state index contributed by atoms with van der Waals surface area (Å²) in [5.41, 5.74) is 4.98. The van der Waals surface area contributed by atoms with Crippen molar-refractivity contribution >= 4 is 33.6 Å². The maximum atomic E-state index is 6.12. The van der Waals surface area contributed by atoms with Gasteiger partial charge in [-0.25, -0.2) is 15.0 Å². The Labute approximate surface area is 154 Å². The molecule has 0 fully saturated rings. The highest BCUT2D eigenvalue weighted by molar-refractivity contribution is 6.28. The minimum absolute atomic E-state index is 0.226. The molecule has 3 aromatic carbocycles. The molecule has 5 aromatic rings. The number of benzene rings is 3. The first-order valence-corrected chi connectivity index (χ1v) is 8.54. The van der Waals surface area contributed by atoms with E-state index in [4.69, 9.17) is 16.0 Å². The highest BCUT2D eigenvalue weighted by Crippen LogP contribution is 2.31. The van der Waals surface area contributed by atoms with Gasteiger partial charge < -0.3 is 4.42 Å². The molecule has 5 heteroatoms. The molecule has 4 nitrogen and oxygen atoms in total. The number of rotatable bonds is 2. The Morgan fingerprint density at radius 2 is 1.50 bits per heavy atom. The fraction of sp³-hybridized carbons (Fsp3) is 0. The summed E-state index contributed by atoms with van der Waals surface area (Å²) in [5.74, 6) is 0.600. The highest BCUT2D eigenvalue weighted by Gasteiger charge is 2.12. The summed E-state index contributed by atoms with van der Waals surface area (Å²) >= 11 is 6.12. The van der Waals surface area contributed by atoms with Gasteiger partial charge in [-0.05, 0) is 48.0 Å². The van der Waals surface area contributed by atoms with Gasteiger partial charge in [0.15, 0.2) is 5.58 Å². The lowest BCUT2D eigenvalue weighted by Gasteiger charge is -2.06. The van der Waals surface area contributed by atoms with Gasteiger partial charge in [0.2, 0.25) is 11.2 Å². The number of halogens is 1. The fourth-order valence-corrected chi connectivity index (χ4v) is 3.22. The molecule has 0 saturated carbocycles. The van der Waals surface area contributed by atoms with Gasteiger partial charge in [0.25, 0.3) is 0 Å². The lowest BCUT2D eigenvalue weighted by molar-refractivity contribution is 0.620. The normalized spacial score (nSPS) is 11.3. The van der Waals surface area contributed by atoms with Crippen molar-refractivity contribution in [3.05, 3.63) is 78.1 Å². The number of fused-ring (bicyclic) bond motifs is 2. The SMILES string of the molecule is Clc1nc(-c2ccc3oc(-c4ccccc4)nc3c2)c2ccccc2n1. The Kier molecular flexibility index (Phi) is 3.43. The molecule has 0 aliphatic heterocycles. The molecule has 0 radical (unpaired) electrons. The minimum Gasteiger partial charge on any atom is -0.436 e. The van der Waals surface area contributed by atoms with Crippen LogP contribution in [0.2, 0.25) is 5.28 Å². The van der Waals surface area contributed by atoms with E-state index in [0.717, 1.165) is 38.8 Å². The topological polar surface area (TPSA) is 51.8 Å². The van der Waals surface area contributed by atoms with E-state index in [1.165, 1.54) is 0 Å². The molecular weight excluding hydrogens is 346 g/mol. The first-order valence-electron chi connectivity index (χ1n) is 8.16. The van der Waals surface area contributed by atoms with Crippen LogP contribution in [-0.4, -0.2) is 15.0 Å². The van der Waals surface area contributed by atoms with E-state index in [9.17, 15) is 0 Å². The summed E-state index contributed by atoms with van der Waals surface area (Å²) in [5, 5.41) is 1.17. The van der Waals surface area contributed by atoms with E-state index < -0.39 is 0 Å². The van der Waals surface area contributed by atoms with Crippen LogP contribution in [0.4, 0.5) is 0 Å². The first kappa shape index (κ1) is 15.0. The molecule has 0 atom stereocenters. The van der Waals surface area contributed by atoms with Crippen LogP contribution in [0.5, 0.6) is 0 Å². The second kappa shape index (κ2) is 5.93. The van der Waals surface area contributed by atoms with Crippen LogP contribution < -0.4 is 0 Å². The monoisotopic (exact) mass is 357 g/mol. The Bertz CT molecular complexity index is 1250. The molecule has 26 heavy (non-hydrogen) atoms. The van der Waals surface area contributed by atoms with Gasteiger partial charge >= 0.3 is 0 Å². The van der Waals surface area contributed by atoms with Crippen LogP contribution in [0.25, 0.3) is 44.7 Å². The molecule has 0 N–H and O–H groups in total. The lowest BCUT2D eigenvalue weighted by atomic mass is 10.1. The average Bonchev–Trinajstić information content (AvgIpc) is 3.11. The maximum Gasteiger partial charge on any atom is 0.227 e. The molecule has 2 heterocycles. The third-order valence-electron chi connectivity index (χ3n) is 4.26. The Hall–Kier alpha value is -3.24. The Morgan fingerprint density at radius 3 is 2.38 bits per heavy atom. The summed E-state index contributed by atoms with van der Waals surface area (Å²) < 4.78 is 5.89. The van der Waals surface area contributed by atoms with Crippen LogP contribution in [0, 0.1) is 0 Å². The van der Waals surface area contributed by atoms with Gasteiger partial charge in [-0.15, -0.1) is 0 Å². The van der Waals surface area contributed by atoms with Crippen molar-refractivity contribution in [1.29, 1.82) is 0 Å². The Morgan fingerprint density at radius 1 is 0.692 bits per heavy atom. The van der Waals surface area contributed by atoms with Gasteiger partial charge in [-0.2, -0.15) is 0 Å². The minimum atomic E-state index is 0.226. The molecule has 2 aromatic heterocycles. The standard InChI is InChI=1S/C21H12ClN3O/c22-21-24-16-9-5-4-8-15(16)19(25-21)14-10-11-18-17(12-14)23-20(26-18)13-6-2-1-3-7-13/h1-12H. The van der Waals surface area contributed by atoms with Crippen LogP contribution in [0.15, 0.2) is 77.2 Å². The van der Waals surface area contributed by atoms with Crippen LogP contribution >= 0.6 is 11.6 Å². The van der Waals surface area contributed by atoms with Crippen LogP contribution in [0.3, 0.4) is 0 Å². The number of aromatic nitrogens is 3. The molecule has 0 aliphatic carbocycles. The van der Waals surface area contributed by atoms with Gasteiger partial charge in [-0.1, -0.05) is 36.4 Å². The number of hydrogen-bond acceptors (Lipinski definition) is 4. The molecule has 0 spiro atoms. The van der Waals surface area contributed by atoms with Crippen molar-refractivity contribution in [2.75, 3.05) is 0 Å². The molecule has 0 unspecified atom stereocenters. The third-order valence-corrected chi connectivity index (χ3v) is 4.43. The predicted molar refractivity (Wildman–Crippen MR) is 103 cm³/mol. The quantitative estimate of drug-likeness (QED) is 0.377. The highest BCUT2D eigenvalue weighted by atomic mass is 35.5. The summed E-state index contributed by atoms with van der Waals surface area (Å²) in [7, 11) is 0. The predicted octanol–water partition coefficient (Wildman–Crippen LogP) is 5.76. The number of oxazole rings is 1. The van der Waals surface area contributed by atoms with E-state index in [0.29, 0.717) is 5.89 Å². The van der Waals surface area contributed by atoms with E-state index >= 15 is 0 Å². The number of para-hydroxylation sites is 1. The number of nitrogens with zero attached hydrogens (tertiary/aromatic N) is 3. The zero-order chi connectivity index (χ0) is 17.5. The zero-order valence-electron chi connectivity index (χ0n) is 13.6. The molecule has 5 rings (SSSR count). The van der Waals surface area contributed by atoms with Gasteiger partial charge in [0.1, 0.15) is 5.52 Å². The van der Waals surface area contributed by atoms with E-state index in [2.05, 4.69) is 15.0 Å². The molecule has 0 amide bonds. The third kappa shape index (κ3) is 2.52. The molecule has 124 valence electrons. The van der Waals surface area contributed by atoms with Crippen molar-refractivity contribution in [3.63, 3.8) is 0 Å². The van der Waals surface area contributed by atoms with Crippen molar-refractivity contribution in [3.8, 4) is 22.7 Å². The largest absolute Gasteiger partial charge is 0.436 e. The molecule has 0 bridgehead atoms. The maximum absolute atomic E-state index is 6.12. The zero-order valence-corrected chi connectivity index (χ0v) is 14.3. The van der Waals surface area contributed by atoms with Crippen molar-refractivity contribution in [2.45, 2.75) is 0 Å². The van der Waals surface area contributed by atoms with Crippen LogP contribution in [-0.2, 0) is 0 Å². The van der Waals surface area contributed by atoms with E-state index in [1.807, 2.05) is 72.8 Å². The summed E-state index contributed by atoms with van der Waals surface area (Å²) in [6, 6.07) is 23.5. The second-order valence-corrected chi connectivity index (χ2v) is 6.26. The lowest BCUT2D eigenvalue weighted by Crippen LogP contribution is -1.91. The molecule has 0 aliphatic rings. The first-order chi connectivity index (χ1) is 12.8. The van der Waals surface area contributed by atoms with E-state index in [1.54, 1.807) is 0 Å². The van der Waals surface area contributed by atoms with Crippen molar-refractivity contribution < 1.29 is 4.42 Å². The smallest absolute Gasteiger partial charge is 0.227 e. The Balaban J connectivity index is 1.69.